The van der Waals surface area contributed by atoms with Crippen LogP contribution < -0.4 is 10.6 Å². The van der Waals surface area contributed by atoms with Gasteiger partial charge in [-0.25, -0.2) is 8.42 Å². The van der Waals surface area contributed by atoms with Gasteiger partial charge < -0.3 is 10.6 Å². The van der Waals surface area contributed by atoms with Crippen molar-refractivity contribution >= 4 is 21.2 Å². The first kappa shape index (κ1) is 15.8. The lowest BCUT2D eigenvalue weighted by atomic mass is 10.2. The summed E-state index contributed by atoms with van der Waals surface area (Å²) in [5.41, 5.74) is 7.48. The predicted octanol–water partition coefficient (Wildman–Crippen LogP) is 2.31. The van der Waals surface area contributed by atoms with E-state index in [1.807, 2.05) is 31.2 Å². The Morgan fingerprint density at radius 3 is 2.42 bits per heavy atom. The number of benzene rings is 1. The summed E-state index contributed by atoms with van der Waals surface area (Å²) < 4.78 is 23.6. The molecule has 19 heavy (non-hydrogen) atoms. The van der Waals surface area contributed by atoms with Gasteiger partial charge in [0.05, 0.1) is 5.75 Å². The molecule has 5 heteroatoms. The molecule has 0 spiro atoms. The zero-order valence-electron chi connectivity index (χ0n) is 11.8. The molecule has 2 N–H and O–H groups in total. The van der Waals surface area contributed by atoms with Crippen LogP contribution >= 0.6 is 0 Å². The van der Waals surface area contributed by atoms with Crippen molar-refractivity contribution in [3.63, 3.8) is 0 Å². The maximum Gasteiger partial charge on any atom is 0.152 e. The van der Waals surface area contributed by atoms with Crippen LogP contribution in [0.15, 0.2) is 24.3 Å². The van der Waals surface area contributed by atoms with Crippen molar-refractivity contribution in [2.75, 3.05) is 35.2 Å². The second kappa shape index (κ2) is 7.38. The molecule has 4 nitrogen and oxygen atoms in total. The van der Waals surface area contributed by atoms with Gasteiger partial charge in [-0.1, -0.05) is 19.9 Å². The standard InChI is InChI=1S/C14H24N2O2S/c1-3-8-16(9-11-19(17,18)10-4-2)14-7-5-6-13(15)12-14/h5-7,12H,3-4,8-11,15H2,1-2H3. The van der Waals surface area contributed by atoms with Crippen LogP contribution in [0, 0.1) is 0 Å². The van der Waals surface area contributed by atoms with E-state index in [0.717, 1.165) is 18.7 Å². The quantitative estimate of drug-likeness (QED) is 0.744. The Balaban J connectivity index is 2.74. The third-order valence-electron chi connectivity index (χ3n) is 2.92. The van der Waals surface area contributed by atoms with E-state index in [1.54, 1.807) is 0 Å². The lowest BCUT2D eigenvalue weighted by Gasteiger charge is -2.24. The first-order valence-electron chi connectivity index (χ1n) is 6.79. The largest absolute Gasteiger partial charge is 0.399 e. The average Bonchev–Trinajstić information content (AvgIpc) is 2.34. The van der Waals surface area contributed by atoms with Gasteiger partial charge in [-0.15, -0.1) is 0 Å². The highest BCUT2D eigenvalue weighted by Gasteiger charge is 2.13. The maximum absolute atomic E-state index is 11.8. The van der Waals surface area contributed by atoms with E-state index in [9.17, 15) is 8.42 Å². The highest BCUT2D eigenvalue weighted by Crippen LogP contribution is 2.18. The van der Waals surface area contributed by atoms with Crippen LogP contribution in [0.25, 0.3) is 0 Å². The molecule has 1 aromatic rings. The van der Waals surface area contributed by atoms with Crippen LogP contribution in [0.4, 0.5) is 11.4 Å². The molecule has 0 fully saturated rings. The van der Waals surface area contributed by atoms with Crippen molar-refractivity contribution < 1.29 is 8.42 Å². The Labute approximate surface area is 116 Å². The SMILES string of the molecule is CCCN(CCS(=O)(=O)CCC)c1cccc(N)c1. The second-order valence-corrected chi connectivity index (χ2v) is 7.04. The summed E-state index contributed by atoms with van der Waals surface area (Å²) in [7, 11) is -2.94. The van der Waals surface area contributed by atoms with E-state index in [1.165, 1.54) is 0 Å². The smallest absolute Gasteiger partial charge is 0.152 e. The van der Waals surface area contributed by atoms with Crippen molar-refractivity contribution in [1.82, 2.24) is 0 Å². The normalized spacial score (nSPS) is 11.5. The predicted molar refractivity (Wildman–Crippen MR) is 82.3 cm³/mol. The molecule has 0 unspecified atom stereocenters. The first-order chi connectivity index (χ1) is 8.98. The number of nitrogens with two attached hydrogens (primary N) is 1. The minimum Gasteiger partial charge on any atom is -0.399 e. The van der Waals surface area contributed by atoms with Gasteiger partial charge in [-0.05, 0) is 31.0 Å². The summed E-state index contributed by atoms with van der Waals surface area (Å²) in [6.45, 7) is 5.34. The van der Waals surface area contributed by atoms with E-state index in [4.69, 9.17) is 5.73 Å². The topological polar surface area (TPSA) is 63.4 Å². The Hall–Kier alpha value is -1.23. The molecule has 0 aliphatic carbocycles. The van der Waals surface area contributed by atoms with Crippen LogP contribution in [0.3, 0.4) is 0 Å². The summed E-state index contributed by atoms with van der Waals surface area (Å²) in [6.07, 6.45) is 1.65. The number of rotatable bonds is 8. The minimum atomic E-state index is -2.94. The third-order valence-corrected chi connectivity index (χ3v) is 4.75. The number of nitrogens with zero attached hydrogens (tertiary/aromatic N) is 1. The van der Waals surface area contributed by atoms with Crippen molar-refractivity contribution in [3.05, 3.63) is 24.3 Å². The molecule has 0 aromatic heterocycles. The van der Waals surface area contributed by atoms with Gasteiger partial charge in [0.15, 0.2) is 9.84 Å². The zero-order chi connectivity index (χ0) is 14.3. The molecule has 108 valence electrons. The minimum absolute atomic E-state index is 0.204. The lowest BCUT2D eigenvalue weighted by Crippen LogP contribution is -2.30. The van der Waals surface area contributed by atoms with Gasteiger partial charge in [0, 0.05) is 30.2 Å². The van der Waals surface area contributed by atoms with E-state index < -0.39 is 9.84 Å². The number of anilines is 2. The van der Waals surface area contributed by atoms with E-state index in [0.29, 0.717) is 18.7 Å². The van der Waals surface area contributed by atoms with Gasteiger partial charge >= 0.3 is 0 Å². The summed E-state index contributed by atoms with van der Waals surface area (Å²) in [4.78, 5) is 2.09. The molecule has 0 bridgehead atoms. The number of sulfone groups is 1. The Bertz CT molecular complexity index is 486. The van der Waals surface area contributed by atoms with Crippen molar-refractivity contribution in [2.24, 2.45) is 0 Å². The van der Waals surface area contributed by atoms with Crippen molar-refractivity contribution in [1.29, 1.82) is 0 Å². The molecule has 1 rings (SSSR count). The first-order valence-corrected chi connectivity index (χ1v) is 8.61. The molecule has 0 saturated heterocycles. The van der Waals surface area contributed by atoms with Crippen LogP contribution in [-0.4, -0.2) is 33.0 Å². The summed E-state index contributed by atoms with van der Waals surface area (Å²) in [5.74, 6) is 0.472. The number of nitrogen functional groups attached to an aromatic ring is 1. The molecular weight excluding hydrogens is 260 g/mol. The number of hydrogen-bond donors (Lipinski definition) is 1. The lowest BCUT2D eigenvalue weighted by molar-refractivity contribution is 0.593. The summed E-state index contributed by atoms with van der Waals surface area (Å²) in [6, 6.07) is 7.59. The van der Waals surface area contributed by atoms with E-state index >= 15 is 0 Å². The highest BCUT2D eigenvalue weighted by atomic mass is 32.2. The monoisotopic (exact) mass is 284 g/mol. The molecule has 0 heterocycles. The Morgan fingerprint density at radius 2 is 1.84 bits per heavy atom. The van der Waals surface area contributed by atoms with Gasteiger partial charge in [0.1, 0.15) is 0 Å². The fourth-order valence-corrected chi connectivity index (χ4v) is 3.35. The summed E-state index contributed by atoms with van der Waals surface area (Å²) >= 11 is 0. The van der Waals surface area contributed by atoms with Crippen LogP contribution in [0.1, 0.15) is 26.7 Å². The fraction of sp³-hybridized carbons (Fsp3) is 0.571. The molecule has 1 aromatic carbocycles. The average molecular weight is 284 g/mol. The van der Waals surface area contributed by atoms with E-state index in [2.05, 4.69) is 11.8 Å². The van der Waals surface area contributed by atoms with Gasteiger partial charge in [0.25, 0.3) is 0 Å². The molecule has 0 aliphatic rings. The van der Waals surface area contributed by atoms with Crippen LogP contribution in [0.2, 0.25) is 0 Å². The van der Waals surface area contributed by atoms with Crippen LogP contribution in [0.5, 0.6) is 0 Å². The third kappa shape index (κ3) is 5.51. The maximum atomic E-state index is 11.8. The molecule has 0 atom stereocenters. The molecule has 0 saturated carbocycles. The second-order valence-electron chi connectivity index (χ2n) is 4.73. The molecule has 0 aliphatic heterocycles. The van der Waals surface area contributed by atoms with Gasteiger partial charge in [-0.2, -0.15) is 0 Å². The van der Waals surface area contributed by atoms with Crippen molar-refractivity contribution in [2.45, 2.75) is 26.7 Å². The highest BCUT2D eigenvalue weighted by molar-refractivity contribution is 7.91. The van der Waals surface area contributed by atoms with Gasteiger partial charge in [-0.3, -0.25) is 0 Å². The molecule has 0 radical (unpaired) electrons. The summed E-state index contributed by atoms with van der Waals surface area (Å²) in [5, 5.41) is 0. The van der Waals surface area contributed by atoms with Crippen molar-refractivity contribution in [3.8, 4) is 0 Å². The van der Waals surface area contributed by atoms with Crippen LogP contribution in [-0.2, 0) is 9.84 Å². The molecule has 0 amide bonds. The Kier molecular flexibility index (Phi) is 6.15. The number of hydrogen-bond acceptors (Lipinski definition) is 4. The van der Waals surface area contributed by atoms with Gasteiger partial charge in [0.2, 0.25) is 0 Å². The fourth-order valence-electron chi connectivity index (χ4n) is 2.02. The Morgan fingerprint density at radius 1 is 1.11 bits per heavy atom. The molecular formula is C14H24N2O2S. The zero-order valence-corrected chi connectivity index (χ0v) is 12.6. The van der Waals surface area contributed by atoms with E-state index in [-0.39, 0.29) is 11.5 Å².